The fourth-order valence-corrected chi connectivity index (χ4v) is 5.04. The molecule has 2 fully saturated rings. The minimum Gasteiger partial charge on any atom is -0.356 e. The number of carbonyl (C=O) groups is 1. The molecule has 2 aliphatic rings. The van der Waals surface area contributed by atoms with Gasteiger partial charge in [-0.25, -0.2) is 0 Å². The number of halogens is 1. The molecule has 0 aliphatic carbocycles. The van der Waals surface area contributed by atoms with E-state index in [9.17, 15) is 4.79 Å². The third-order valence-electron chi connectivity index (χ3n) is 5.94. The van der Waals surface area contributed by atoms with Gasteiger partial charge in [0, 0.05) is 57.7 Å². The molecule has 170 valence electrons. The summed E-state index contributed by atoms with van der Waals surface area (Å²) in [7, 11) is 1.86. The number of piperazine rings is 1. The number of carbonyl (C=O) groups excluding carboxylic acids is 1. The van der Waals surface area contributed by atoms with Crippen molar-refractivity contribution in [3.05, 3.63) is 22.4 Å². The average Bonchev–Trinajstić information content (AvgIpc) is 3.08. The Hall–Kier alpha value is -0.870. The minimum atomic E-state index is 0. The third kappa shape index (κ3) is 8.00. The van der Waals surface area contributed by atoms with Gasteiger partial charge in [-0.2, -0.15) is 0 Å². The molecular formula is C22H38IN5OS. The van der Waals surface area contributed by atoms with Crippen molar-refractivity contribution in [1.29, 1.82) is 0 Å². The van der Waals surface area contributed by atoms with Crippen LogP contribution in [0.2, 0.25) is 0 Å². The van der Waals surface area contributed by atoms with Gasteiger partial charge in [0.15, 0.2) is 5.96 Å². The van der Waals surface area contributed by atoms with E-state index in [0.29, 0.717) is 18.4 Å². The van der Waals surface area contributed by atoms with Crippen LogP contribution in [0.4, 0.5) is 0 Å². The van der Waals surface area contributed by atoms with Crippen LogP contribution in [0, 0.1) is 5.92 Å². The van der Waals surface area contributed by atoms with E-state index >= 15 is 0 Å². The molecule has 8 heteroatoms. The second-order valence-electron chi connectivity index (χ2n) is 8.37. The van der Waals surface area contributed by atoms with E-state index in [1.54, 1.807) is 0 Å². The molecular weight excluding hydrogens is 509 g/mol. The Morgan fingerprint density at radius 2 is 1.80 bits per heavy atom. The van der Waals surface area contributed by atoms with Crippen molar-refractivity contribution >= 4 is 47.2 Å². The highest BCUT2D eigenvalue weighted by Crippen LogP contribution is 2.14. The lowest BCUT2D eigenvalue weighted by Gasteiger charge is -2.37. The summed E-state index contributed by atoms with van der Waals surface area (Å²) in [4.78, 5) is 25.3. The van der Waals surface area contributed by atoms with Gasteiger partial charge in [0.1, 0.15) is 0 Å². The summed E-state index contributed by atoms with van der Waals surface area (Å²) < 4.78 is 0. The van der Waals surface area contributed by atoms with Gasteiger partial charge in [-0.15, -0.1) is 35.3 Å². The number of aliphatic imine (C=N–C) groups is 1. The Balaban J connectivity index is 0.00000320. The van der Waals surface area contributed by atoms with Crippen LogP contribution in [-0.2, 0) is 11.2 Å². The van der Waals surface area contributed by atoms with E-state index in [0.717, 1.165) is 71.0 Å². The van der Waals surface area contributed by atoms with Crippen molar-refractivity contribution in [2.45, 2.75) is 39.0 Å². The molecule has 30 heavy (non-hydrogen) atoms. The number of guanidine groups is 1. The van der Waals surface area contributed by atoms with Crippen molar-refractivity contribution in [1.82, 2.24) is 20.0 Å². The standard InChI is InChI=1S/C22H37N5OS.HI/c1-19(16-20-8-7-15-29-20)17-24-22(23-2)27-13-11-25(12-14-27)18-21(28)26-9-5-3-4-6-10-26;/h7-8,15,19H,3-6,9-14,16-18H2,1-2H3,(H,23,24);1H. The first kappa shape index (κ1) is 25.4. The van der Waals surface area contributed by atoms with Crippen LogP contribution in [0.5, 0.6) is 0 Å². The highest BCUT2D eigenvalue weighted by molar-refractivity contribution is 14.0. The Kier molecular flexibility index (Phi) is 11.4. The van der Waals surface area contributed by atoms with Crippen LogP contribution >= 0.6 is 35.3 Å². The molecule has 0 spiro atoms. The van der Waals surface area contributed by atoms with Gasteiger partial charge in [0.2, 0.25) is 5.91 Å². The molecule has 3 heterocycles. The molecule has 0 aromatic carbocycles. The summed E-state index contributed by atoms with van der Waals surface area (Å²) in [5.74, 6) is 1.87. The van der Waals surface area contributed by atoms with E-state index in [-0.39, 0.29) is 24.0 Å². The van der Waals surface area contributed by atoms with Crippen molar-refractivity contribution in [2.24, 2.45) is 10.9 Å². The summed E-state index contributed by atoms with van der Waals surface area (Å²) in [5, 5.41) is 5.70. The predicted molar refractivity (Wildman–Crippen MR) is 137 cm³/mol. The summed E-state index contributed by atoms with van der Waals surface area (Å²) in [6.45, 7) is 9.36. The van der Waals surface area contributed by atoms with Gasteiger partial charge in [0.05, 0.1) is 6.54 Å². The van der Waals surface area contributed by atoms with Crippen LogP contribution in [0.1, 0.15) is 37.5 Å². The molecule has 1 aromatic heterocycles. The zero-order valence-corrected chi connectivity index (χ0v) is 21.7. The first-order chi connectivity index (χ1) is 14.2. The number of thiophene rings is 1. The van der Waals surface area contributed by atoms with E-state index in [1.807, 2.05) is 18.4 Å². The van der Waals surface area contributed by atoms with Crippen molar-refractivity contribution in [3.8, 4) is 0 Å². The number of likely N-dealkylation sites (tertiary alicyclic amines) is 1. The van der Waals surface area contributed by atoms with Gasteiger partial charge in [-0.3, -0.25) is 14.7 Å². The van der Waals surface area contributed by atoms with Gasteiger partial charge in [-0.1, -0.05) is 25.8 Å². The smallest absolute Gasteiger partial charge is 0.236 e. The van der Waals surface area contributed by atoms with Gasteiger partial charge in [-0.05, 0) is 36.6 Å². The highest BCUT2D eigenvalue weighted by Gasteiger charge is 2.23. The van der Waals surface area contributed by atoms with Crippen LogP contribution in [-0.4, -0.2) is 86.0 Å². The van der Waals surface area contributed by atoms with Gasteiger partial charge < -0.3 is 15.1 Å². The third-order valence-corrected chi connectivity index (χ3v) is 6.84. The summed E-state index contributed by atoms with van der Waals surface area (Å²) in [6.07, 6.45) is 5.95. The molecule has 0 bridgehead atoms. The van der Waals surface area contributed by atoms with E-state index in [1.165, 1.54) is 17.7 Å². The molecule has 3 rings (SSSR count). The first-order valence-corrected chi connectivity index (χ1v) is 12.0. The molecule has 1 unspecified atom stereocenters. The second kappa shape index (κ2) is 13.5. The van der Waals surface area contributed by atoms with Gasteiger partial charge >= 0.3 is 0 Å². The molecule has 2 saturated heterocycles. The van der Waals surface area contributed by atoms with Gasteiger partial charge in [0.25, 0.3) is 0 Å². The largest absolute Gasteiger partial charge is 0.356 e. The Bertz CT molecular complexity index is 638. The topological polar surface area (TPSA) is 51.2 Å². The van der Waals surface area contributed by atoms with Crippen molar-refractivity contribution < 1.29 is 4.79 Å². The summed E-state index contributed by atoms with van der Waals surface area (Å²) >= 11 is 1.83. The molecule has 1 amide bonds. The number of rotatable bonds is 6. The van der Waals surface area contributed by atoms with Crippen molar-refractivity contribution in [2.75, 3.05) is 59.4 Å². The summed E-state index contributed by atoms with van der Waals surface area (Å²) in [6, 6.07) is 4.33. The first-order valence-electron chi connectivity index (χ1n) is 11.1. The van der Waals surface area contributed by atoms with E-state index < -0.39 is 0 Å². The van der Waals surface area contributed by atoms with Crippen molar-refractivity contribution in [3.63, 3.8) is 0 Å². The van der Waals surface area contributed by atoms with Crippen LogP contribution in [0.3, 0.4) is 0 Å². The zero-order chi connectivity index (χ0) is 20.5. The molecule has 2 aliphatic heterocycles. The number of nitrogens with one attached hydrogen (secondary N) is 1. The maximum Gasteiger partial charge on any atom is 0.236 e. The SMILES string of the molecule is CN=C(NCC(C)Cc1cccs1)N1CCN(CC(=O)N2CCCCCC2)CC1.I. The number of hydrogen-bond acceptors (Lipinski definition) is 4. The normalized spacial score (nSPS) is 19.7. The minimum absolute atomic E-state index is 0. The zero-order valence-electron chi connectivity index (χ0n) is 18.5. The monoisotopic (exact) mass is 547 g/mol. The average molecular weight is 548 g/mol. The molecule has 1 aromatic rings. The van der Waals surface area contributed by atoms with E-state index in [4.69, 9.17) is 0 Å². The number of nitrogens with zero attached hydrogens (tertiary/aromatic N) is 4. The van der Waals surface area contributed by atoms with E-state index in [2.05, 4.69) is 49.4 Å². The van der Waals surface area contributed by atoms with Crippen LogP contribution in [0.25, 0.3) is 0 Å². The van der Waals surface area contributed by atoms with Crippen LogP contribution < -0.4 is 5.32 Å². The Morgan fingerprint density at radius 3 is 2.40 bits per heavy atom. The Morgan fingerprint density at radius 1 is 1.10 bits per heavy atom. The highest BCUT2D eigenvalue weighted by atomic mass is 127. The Labute approximate surface area is 203 Å². The molecule has 6 nitrogen and oxygen atoms in total. The number of hydrogen-bond donors (Lipinski definition) is 1. The second-order valence-corrected chi connectivity index (χ2v) is 9.41. The lowest BCUT2D eigenvalue weighted by molar-refractivity contribution is -0.132. The lowest BCUT2D eigenvalue weighted by atomic mass is 10.1. The van der Waals surface area contributed by atoms with Crippen LogP contribution in [0.15, 0.2) is 22.5 Å². The number of amides is 1. The lowest BCUT2D eigenvalue weighted by Crippen LogP contribution is -2.54. The quantitative estimate of drug-likeness (QED) is 0.338. The molecule has 0 saturated carbocycles. The molecule has 1 atom stereocenters. The summed E-state index contributed by atoms with van der Waals surface area (Å²) in [5.41, 5.74) is 0. The maximum atomic E-state index is 12.6. The predicted octanol–water partition coefficient (Wildman–Crippen LogP) is 3.14. The fourth-order valence-electron chi connectivity index (χ4n) is 4.17. The maximum absolute atomic E-state index is 12.6. The fraction of sp³-hybridized carbons (Fsp3) is 0.727. The molecule has 1 N–H and O–H groups in total. The molecule has 0 radical (unpaired) electrons.